The highest BCUT2D eigenvalue weighted by molar-refractivity contribution is 5.81. The number of aliphatic hydroxyl groups excluding tert-OH is 6. The van der Waals surface area contributed by atoms with Crippen molar-refractivity contribution in [3.8, 4) is 0 Å². The average molecular weight is 1050 g/mol. The van der Waals surface area contributed by atoms with Gasteiger partial charge in [0.25, 0.3) is 0 Å². The maximum absolute atomic E-state index is 13.1. The lowest BCUT2D eigenvalue weighted by Crippen LogP contribution is -2.56. The van der Waals surface area contributed by atoms with Gasteiger partial charge in [0.2, 0.25) is 0 Å². The number of nitrogens with zero attached hydrogens (tertiary/aromatic N) is 2. The van der Waals surface area contributed by atoms with Crippen molar-refractivity contribution in [1.82, 2.24) is 9.80 Å². The zero-order chi connectivity index (χ0) is 55.5. The van der Waals surface area contributed by atoms with Crippen molar-refractivity contribution >= 4 is 23.5 Å². The molecule has 73 heavy (non-hydrogen) atoms. The summed E-state index contributed by atoms with van der Waals surface area (Å²) in [4.78, 5) is 55.7. The monoisotopic (exact) mass is 1040 g/mol. The molecular weight excluding hydrogens is 945 g/mol. The van der Waals surface area contributed by atoms with E-state index in [-0.39, 0.29) is 67.0 Å². The second-order valence-electron chi connectivity index (χ2n) is 23.2. The van der Waals surface area contributed by atoms with E-state index in [1.807, 2.05) is 86.5 Å². The number of ether oxygens (including phenoxy) is 6. The molecule has 0 aromatic rings. The number of cyclic esters (lactones) is 2. The first-order valence-electron chi connectivity index (χ1n) is 27.5. The van der Waals surface area contributed by atoms with Crippen LogP contribution in [0.1, 0.15) is 148 Å². The van der Waals surface area contributed by atoms with Gasteiger partial charge in [-0.3, -0.25) is 19.2 Å². The maximum Gasteiger partial charge on any atom is 0.311 e. The smallest absolute Gasteiger partial charge is 0.311 e. The molecule has 0 amide bonds. The molecule has 4 fully saturated rings. The third kappa shape index (κ3) is 17.4. The molecule has 0 aromatic heterocycles. The van der Waals surface area contributed by atoms with Crippen molar-refractivity contribution < 1.29 is 78.2 Å². The molecule has 4 aliphatic rings. The Morgan fingerprint density at radius 1 is 0.507 bits per heavy atom. The Hall–Kier alpha value is -2.20. The van der Waals surface area contributed by atoms with Crippen molar-refractivity contribution in [3.63, 3.8) is 0 Å². The molecule has 4 rings (SSSR count). The van der Waals surface area contributed by atoms with Crippen LogP contribution < -0.4 is 0 Å². The number of rotatable bonds is 8. The number of carbonyl (C=O) groups is 4. The first-order valence-corrected chi connectivity index (χ1v) is 27.5. The molecule has 0 spiro atoms. The molecule has 0 radical (unpaired) electrons. The molecule has 25 atom stereocenters. The fourth-order valence-corrected chi connectivity index (χ4v) is 11.4. The van der Waals surface area contributed by atoms with E-state index in [9.17, 15) is 49.8 Å². The number of hydrogen-bond acceptors (Lipinski definition) is 18. The van der Waals surface area contributed by atoms with E-state index in [2.05, 4.69) is 0 Å². The molecule has 18 heteroatoms. The van der Waals surface area contributed by atoms with Crippen molar-refractivity contribution in [2.24, 2.45) is 53.3 Å². The van der Waals surface area contributed by atoms with Crippen molar-refractivity contribution in [2.75, 3.05) is 28.2 Å². The Balaban J connectivity index is 0.000000385. The Kier molecular flexibility index (Phi) is 26.3. The van der Waals surface area contributed by atoms with Gasteiger partial charge in [0.15, 0.2) is 12.6 Å². The average Bonchev–Trinajstić information content (AvgIpc) is 3.34. The molecular formula is C55H100N2O16. The summed E-state index contributed by atoms with van der Waals surface area (Å²) in [5.41, 5.74) is 0. The lowest BCUT2D eigenvalue weighted by molar-refractivity contribution is -0.282. The summed E-state index contributed by atoms with van der Waals surface area (Å²) >= 11 is 0. The molecule has 6 N–H and O–H groups in total. The summed E-state index contributed by atoms with van der Waals surface area (Å²) in [6.45, 7) is 23.7. The van der Waals surface area contributed by atoms with Crippen LogP contribution in [0.25, 0.3) is 0 Å². The lowest BCUT2D eigenvalue weighted by atomic mass is 9.80. The van der Waals surface area contributed by atoms with E-state index in [0.29, 0.717) is 38.5 Å². The number of ketones is 2. The van der Waals surface area contributed by atoms with Gasteiger partial charge in [-0.15, -0.1) is 0 Å². The van der Waals surface area contributed by atoms with Gasteiger partial charge in [0.1, 0.15) is 36.0 Å². The van der Waals surface area contributed by atoms with Crippen LogP contribution in [0.2, 0.25) is 0 Å². The minimum absolute atomic E-state index is 0.0679. The number of likely N-dealkylation sites (N-methyl/N-ethyl adjacent to an activating group) is 2. The first kappa shape index (κ1) is 65.1. The van der Waals surface area contributed by atoms with Gasteiger partial charge in [0.05, 0.1) is 61.2 Å². The molecule has 0 aromatic carbocycles. The van der Waals surface area contributed by atoms with Crippen LogP contribution in [0, 0.1) is 53.3 Å². The molecule has 4 aliphatic heterocycles. The predicted octanol–water partition coefficient (Wildman–Crippen LogP) is 4.52. The van der Waals surface area contributed by atoms with Crippen LogP contribution in [0.4, 0.5) is 0 Å². The van der Waals surface area contributed by atoms with Crippen molar-refractivity contribution in [2.45, 2.75) is 246 Å². The zero-order valence-corrected chi connectivity index (χ0v) is 47.5. The number of aliphatic hydroxyl groups is 6. The molecule has 0 saturated carbocycles. The van der Waals surface area contributed by atoms with Gasteiger partial charge in [0, 0.05) is 60.4 Å². The highest BCUT2D eigenvalue weighted by atomic mass is 16.7. The fraction of sp³-hybridized carbons (Fsp3) is 0.927. The van der Waals surface area contributed by atoms with E-state index in [1.54, 1.807) is 41.5 Å². The number of esters is 2. The predicted molar refractivity (Wildman–Crippen MR) is 275 cm³/mol. The molecule has 18 nitrogen and oxygen atoms in total. The van der Waals surface area contributed by atoms with E-state index in [4.69, 9.17) is 28.4 Å². The Labute approximate surface area is 437 Å². The van der Waals surface area contributed by atoms with E-state index < -0.39 is 127 Å². The quantitative estimate of drug-likeness (QED) is 0.183. The molecule has 8 unspecified atom stereocenters. The Bertz CT molecular complexity index is 1710. The molecule has 0 aliphatic carbocycles. The topological polar surface area (TPSA) is 252 Å². The van der Waals surface area contributed by atoms with Gasteiger partial charge in [-0.2, -0.15) is 0 Å². The van der Waals surface area contributed by atoms with Gasteiger partial charge in [-0.1, -0.05) is 69.2 Å². The molecule has 4 saturated heterocycles. The summed E-state index contributed by atoms with van der Waals surface area (Å²) in [6.07, 6.45) is -6.75. The highest BCUT2D eigenvalue weighted by Crippen LogP contribution is 2.36. The number of hydrogen-bond donors (Lipinski definition) is 6. The second-order valence-corrected chi connectivity index (χ2v) is 23.2. The van der Waals surface area contributed by atoms with Crippen molar-refractivity contribution in [3.05, 3.63) is 0 Å². The van der Waals surface area contributed by atoms with Crippen LogP contribution in [-0.2, 0) is 47.6 Å². The minimum Gasteiger partial charge on any atom is -0.462 e. The van der Waals surface area contributed by atoms with Crippen LogP contribution in [0.3, 0.4) is 0 Å². The largest absolute Gasteiger partial charge is 0.462 e. The van der Waals surface area contributed by atoms with E-state index in [1.165, 1.54) is 0 Å². The normalized spacial score (nSPS) is 44.8. The number of Topliss-reactive ketones (excluding diaryl/α,β-unsaturated/α-hetero) is 2. The Morgan fingerprint density at radius 3 is 1.26 bits per heavy atom. The van der Waals surface area contributed by atoms with E-state index in [0.717, 1.165) is 0 Å². The third-order valence-electron chi connectivity index (χ3n) is 17.0. The highest BCUT2D eigenvalue weighted by Gasteiger charge is 2.46. The van der Waals surface area contributed by atoms with Gasteiger partial charge in [-0.05, 0) is 99.3 Å². The van der Waals surface area contributed by atoms with Crippen LogP contribution in [0.15, 0.2) is 0 Å². The number of carbonyl (C=O) groups excluding carboxylic acids is 4. The maximum atomic E-state index is 13.1. The van der Waals surface area contributed by atoms with Crippen LogP contribution in [0.5, 0.6) is 0 Å². The standard InChI is InChI=1S/C28H51NO8.C27H49NO8/c1-10-22-17(5)23(31)16(4)21(30)12-11-14(2)26(18(6)24(32)19(7)27(34)36-22)37-28-25(33)20(29(8)9)13-15(3)35-28;1-9-22-18(6)24(32)16(4)20(29)11-10-14(2)26(17(5)21(30)13-23(31)35-22)36-27-25(33)19(28(7)8)12-15(3)34-27/h14-20,22-26,28,31-33H,10-13H2,1-9H3;14-19,21-22,24-27,30,32-33H,9-13H2,1-8H3/t14-,15?,16-,17-,18-,19+,20?,22+,23+,24-,25?,26-,28?;14-,15?,16-,17-,18-,19?,21+,22+,24+,25?,26-,27?/m00/s1. The third-order valence-corrected chi connectivity index (χ3v) is 17.0. The summed E-state index contributed by atoms with van der Waals surface area (Å²) < 4.78 is 36.1. The lowest BCUT2D eigenvalue weighted by Gasteiger charge is -2.44. The van der Waals surface area contributed by atoms with Gasteiger partial charge in [-0.25, -0.2) is 0 Å². The minimum atomic E-state index is -1.09. The van der Waals surface area contributed by atoms with Crippen molar-refractivity contribution in [1.29, 1.82) is 0 Å². The van der Waals surface area contributed by atoms with Crippen LogP contribution in [-0.4, -0.2) is 190 Å². The Morgan fingerprint density at radius 2 is 0.877 bits per heavy atom. The fourth-order valence-electron chi connectivity index (χ4n) is 11.4. The molecule has 0 bridgehead atoms. The molecule has 4 heterocycles. The summed E-state index contributed by atoms with van der Waals surface area (Å²) in [5, 5.41) is 66.0. The zero-order valence-electron chi connectivity index (χ0n) is 47.5. The second kappa shape index (κ2) is 29.5. The summed E-state index contributed by atoms with van der Waals surface area (Å²) in [7, 11) is 7.60. The molecule has 426 valence electrons. The van der Waals surface area contributed by atoms with E-state index >= 15 is 0 Å². The van der Waals surface area contributed by atoms with Crippen LogP contribution >= 0.6 is 0 Å². The van der Waals surface area contributed by atoms with Gasteiger partial charge >= 0.3 is 11.9 Å². The van der Waals surface area contributed by atoms with Gasteiger partial charge < -0.3 is 68.9 Å². The first-order chi connectivity index (χ1) is 34.0. The summed E-state index contributed by atoms with van der Waals surface area (Å²) in [6, 6.07) is -0.312. The SMILES string of the molecule is CC[C@H]1OC(=O)C[C@@H](O)[C@H](C)[C@@H](OC2OC(C)CC(N(C)C)C2O)[C@@H](C)CCC(=O)[C@H](C)[C@@H](O)[C@H]1C.CC[C@H]1OC(=O)[C@H](C)[C@@H](O)[C@H](C)[C@@H](OC2OC(C)CC(N(C)C)C2O)[C@@H](C)CCC(=O)[C@H](C)[C@@H](O)[C@H]1C. The summed E-state index contributed by atoms with van der Waals surface area (Å²) in [5.74, 6) is -5.52.